The highest BCUT2D eigenvalue weighted by Crippen LogP contribution is 2.16. The smallest absolute Gasteiger partial charge is 0.119 e. The quantitative estimate of drug-likeness (QED) is 0.706. The molecule has 13 heavy (non-hydrogen) atoms. The predicted octanol–water partition coefficient (Wildman–Crippen LogP) is 2.16. The van der Waals surface area contributed by atoms with Crippen molar-refractivity contribution in [3.8, 4) is 5.75 Å². The fourth-order valence-corrected chi connectivity index (χ4v) is 1.31. The van der Waals surface area contributed by atoms with Gasteiger partial charge in [-0.15, -0.1) is 0 Å². The molecule has 0 amide bonds. The van der Waals surface area contributed by atoms with Crippen molar-refractivity contribution in [3.63, 3.8) is 0 Å². The Kier molecular flexibility index (Phi) is 2.50. The van der Waals surface area contributed by atoms with Gasteiger partial charge in [0.1, 0.15) is 12.4 Å². The molecule has 1 fully saturated rings. The van der Waals surface area contributed by atoms with Gasteiger partial charge in [0.15, 0.2) is 0 Å². The minimum Gasteiger partial charge on any atom is -0.491 e. The third-order valence-electron chi connectivity index (χ3n) is 2.22. The van der Waals surface area contributed by atoms with Gasteiger partial charge in [0.05, 0.1) is 6.10 Å². The second-order valence-electron chi connectivity index (χ2n) is 3.41. The van der Waals surface area contributed by atoms with Crippen molar-refractivity contribution in [2.75, 3.05) is 13.2 Å². The first kappa shape index (κ1) is 8.57. The Balaban J connectivity index is 1.86. The van der Waals surface area contributed by atoms with Crippen LogP contribution in [0.15, 0.2) is 24.3 Å². The number of rotatable bonds is 3. The fourth-order valence-electron chi connectivity index (χ4n) is 1.31. The number of hydrogen-bond acceptors (Lipinski definition) is 2. The molecule has 0 aliphatic carbocycles. The lowest BCUT2D eigenvalue weighted by Gasteiger charge is -2.26. The molecule has 0 bridgehead atoms. The first-order chi connectivity index (χ1) is 6.34. The number of benzene rings is 1. The van der Waals surface area contributed by atoms with E-state index in [0.717, 1.165) is 18.8 Å². The van der Waals surface area contributed by atoms with E-state index in [1.54, 1.807) is 0 Å². The highest BCUT2D eigenvalue weighted by Gasteiger charge is 2.18. The standard InChI is InChI=1S/C11H14O2/c1-9-3-2-4-10(7-9)13-8-11-5-6-12-11/h2-4,7,11H,5-6,8H2,1H3. The van der Waals surface area contributed by atoms with Crippen molar-refractivity contribution in [1.82, 2.24) is 0 Å². The summed E-state index contributed by atoms with van der Waals surface area (Å²) in [5, 5.41) is 0. The third kappa shape index (κ3) is 2.22. The summed E-state index contributed by atoms with van der Waals surface area (Å²) in [5.74, 6) is 0.940. The third-order valence-corrected chi connectivity index (χ3v) is 2.22. The van der Waals surface area contributed by atoms with E-state index in [4.69, 9.17) is 9.47 Å². The molecule has 1 saturated heterocycles. The van der Waals surface area contributed by atoms with Gasteiger partial charge in [-0.05, 0) is 24.6 Å². The lowest BCUT2D eigenvalue weighted by Crippen LogP contribution is -2.32. The Morgan fingerprint density at radius 2 is 2.38 bits per heavy atom. The molecule has 70 valence electrons. The molecule has 2 rings (SSSR count). The Morgan fingerprint density at radius 1 is 1.54 bits per heavy atom. The molecule has 1 aliphatic rings. The molecule has 0 radical (unpaired) electrons. The summed E-state index contributed by atoms with van der Waals surface area (Å²) in [6.45, 7) is 3.64. The highest BCUT2D eigenvalue weighted by molar-refractivity contribution is 5.27. The van der Waals surface area contributed by atoms with Crippen molar-refractivity contribution >= 4 is 0 Å². The van der Waals surface area contributed by atoms with Crippen LogP contribution in [0, 0.1) is 6.92 Å². The van der Waals surface area contributed by atoms with Crippen molar-refractivity contribution in [2.45, 2.75) is 19.4 Å². The van der Waals surface area contributed by atoms with Crippen LogP contribution in [0.1, 0.15) is 12.0 Å². The minimum atomic E-state index is 0.320. The normalized spacial score (nSPS) is 20.8. The molecular formula is C11H14O2. The molecule has 0 N–H and O–H groups in total. The van der Waals surface area contributed by atoms with E-state index in [2.05, 4.69) is 13.0 Å². The summed E-state index contributed by atoms with van der Waals surface area (Å²) in [5.41, 5.74) is 1.23. The minimum absolute atomic E-state index is 0.320. The van der Waals surface area contributed by atoms with Gasteiger partial charge >= 0.3 is 0 Å². The maximum atomic E-state index is 5.57. The van der Waals surface area contributed by atoms with Gasteiger partial charge in [0.25, 0.3) is 0 Å². The zero-order chi connectivity index (χ0) is 9.10. The molecule has 0 saturated carbocycles. The molecule has 0 spiro atoms. The van der Waals surface area contributed by atoms with E-state index in [9.17, 15) is 0 Å². The van der Waals surface area contributed by atoms with Gasteiger partial charge < -0.3 is 9.47 Å². The van der Waals surface area contributed by atoms with Crippen LogP contribution in [0.2, 0.25) is 0 Å². The van der Waals surface area contributed by atoms with Gasteiger partial charge in [0, 0.05) is 13.0 Å². The lowest BCUT2D eigenvalue weighted by molar-refractivity contribution is -0.0720. The van der Waals surface area contributed by atoms with Crippen LogP contribution in [0.3, 0.4) is 0 Å². The molecule has 0 aromatic heterocycles. The monoisotopic (exact) mass is 178 g/mol. The van der Waals surface area contributed by atoms with E-state index in [1.165, 1.54) is 5.56 Å². The van der Waals surface area contributed by atoms with Gasteiger partial charge in [-0.2, -0.15) is 0 Å². The largest absolute Gasteiger partial charge is 0.491 e. The van der Waals surface area contributed by atoms with Crippen molar-refractivity contribution in [1.29, 1.82) is 0 Å². The summed E-state index contributed by atoms with van der Waals surface area (Å²) in [7, 11) is 0. The van der Waals surface area contributed by atoms with Crippen LogP contribution in [0.5, 0.6) is 5.75 Å². The highest BCUT2D eigenvalue weighted by atomic mass is 16.5. The second-order valence-corrected chi connectivity index (χ2v) is 3.41. The van der Waals surface area contributed by atoms with Crippen LogP contribution in [-0.4, -0.2) is 19.3 Å². The van der Waals surface area contributed by atoms with Crippen LogP contribution in [0.4, 0.5) is 0 Å². The van der Waals surface area contributed by atoms with Crippen LogP contribution in [-0.2, 0) is 4.74 Å². The summed E-state index contributed by atoms with van der Waals surface area (Å²) in [6.07, 6.45) is 1.45. The molecule has 2 heteroatoms. The van der Waals surface area contributed by atoms with Crippen LogP contribution >= 0.6 is 0 Å². The number of ether oxygens (including phenoxy) is 2. The average molecular weight is 178 g/mol. The first-order valence-electron chi connectivity index (χ1n) is 4.66. The zero-order valence-electron chi connectivity index (χ0n) is 7.82. The topological polar surface area (TPSA) is 18.5 Å². The van der Waals surface area contributed by atoms with Crippen LogP contribution < -0.4 is 4.74 Å². The van der Waals surface area contributed by atoms with Crippen molar-refractivity contribution in [2.24, 2.45) is 0 Å². The molecule has 1 atom stereocenters. The Morgan fingerprint density at radius 3 is 3.00 bits per heavy atom. The predicted molar refractivity (Wildman–Crippen MR) is 51.0 cm³/mol. The van der Waals surface area contributed by atoms with E-state index in [1.807, 2.05) is 18.2 Å². The van der Waals surface area contributed by atoms with Gasteiger partial charge in [-0.25, -0.2) is 0 Å². The molecule has 1 aliphatic heterocycles. The molecule has 1 unspecified atom stereocenters. The zero-order valence-corrected chi connectivity index (χ0v) is 7.82. The summed E-state index contributed by atoms with van der Waals surface area (Å²) >= 11 is 0. The molecule has 2 nitrogen and oxygen atoms in total. The Hall–Kier alpha value is -1.02. The fraction of sp³-hybridized carbons (Fsp3) is 0.455. The maximum Gasteiger partial charge on any atom is 0.119 e. The average Bonchev–Trinajstić information content (AvgIpc) is 2.01. The van der Waals surface area contributed by atoms with Gasteiger partial charge in [-0.1, -0.05) is 12.1 Å². The summed E-state index contributed by atoms with van der Waals surface area (Å²) < 4.78 is 10.8. The SMILES string of the molecule is Cc1cccc(OCC2CCO2)c1. The van der Waals surface area contributed by atoms with Crippen molar-refractivity contribution in [3.05, 3.63) is 29.8 Å². The molecule has 1 aromatic carbocycles. The van der Waals surface area contributed by atoms with E-state index >= 15 is 0 Å². The summed E-state index contributed by atoms with van der Waals surface area (Å²) in [4.78, 5) is 0. The maximum absolute atomic E-state index is 5.57. The molecule has 1 heterocycles. The molecular weight excluding hydrogens is 164 g/mol. The van der Waals surface area contributed by atoms with Gasteiger partial charge in [0.2, 0.25) is 0 Å². The second kappa shape index (κ2) is 3.79. The first-order valence-corrected chi connectivity index (χ1v) is 4.66. The van der Waals surface area contributed by atoms with E-state index < -0.39 is 0 Å². The summed E-state index contributed by atoms with van der Waals surface area (Å²) in [6, 6.07) is 8.09. The van der Waals surface area contributed by atoms with Crippen molar-refractivity contribution < 1.29 is 9.47 Å². The number of aryl methyl sites for hydroxylation is 1. The van der Waals surface area contributed by atoms with Crippen LogP contribution in [0.25, 0.3) is 0 Å². The molecule has 1 aromatic rings. The Labute approximate surface area is 78.5 Å². The van der Waals surface area contributed by atoms with Gasteiger partial charge in [-0.3, -0.25) is 0 Å². The Bertz CT molecular complexity index is 279. The number of hydrogen-bond donors (Lipinski definition) is 0. The lowest BCUT2D eigenvalue weighted by atomic mass is 10.2. The van der Waals surface area contributed by atoms with E-state index in [-0.39, 0.29) is 0 Å². The van der Waals surface area contributed by atoms with E-state index in [0.29, 0.717) is 12.7 Å².